The highest BCUT2D eigenvalue weighted by Gasteiger charge is 2.91. The number of allylic oxidation sites excluding steroid dienone is 2. The first-order valence-electron chi connectivity index (χ1n) is 20.9. The lowest BCUT2D eigenvalue weighted by atomic mass is 9.49. The number of fused-ring (bicyclic) bond motifs is 3. The number of hydrogen-bond acceptors (Lipinski definition) is 13. The molecule has 0 amide bonds. The van der Waals surface area contributed by atoms with E-state index in [1.54, 1.807) is 31.2 Å². The fourth-order valence-corrected chi connectivity index (χ4v) is 13.0. The first-order valence-corrected chi connectivity index (χ1v) is 20.9. The molecule has 10 bridgehead atoms. The summed E-state index contributed by atoms with van der Waals surface area (Å²) >= 11 is 0. The summed E-state index contributed by atoms with van der Waals surface area (Å²) in [4.78, 5) is 26.7. The molecule has 1 spiro atoms. The third kappa shape index (κ3) is 5.26. The van der Waals surface area contributed by atoms with Crippen molar-refractivity contribution in [2.24, 2.45) is 47.3 Å². The second-order valence-corrected chi connectivity index (χ2v) is 19.3. The molecule has 9 aliphatic rings. The van der Waals surface area contributed by atoms with Gasteiger partial charge in [0.05, 0.1) is 17.8 Å². The van der Waals surface area contributed by atoms with Crippen molar-refractivity contribution in [1.29, 1.82) is 0 Å². The van der Waals surface area contributed by atoms with E-state index in [9.17, 15) is 35.1 Å². The number of carbonyl (C=O) groups is 2. The molecule has 5 heterocycles. The zero-order chi connectivity index (χ0) is 40.7. The second kappa shape index (κ2) is 13.1. The van der Waals surface area contributed by atoms with Crippen LogP contribution >= 0.6 is 0 Å². The Kier molecular flexibility index (Phi) is 9.16. The summed E-state index contributed by atoms with van der Waals surface area (Å²) in [5.74, 6) is -6.33. The van der Waals surface area contributed by atoms with Crippen LogP contribution in [0.4, 0.5) is 0 Å². The maximum Gasteiger partial charge on any atom is 0.331 e. The van der Waals surface area contributed by atoms with Crippen LogP contribution in [0.1, 0.15) is 79.2 Å². The van der Waals surface area contributed by atoms with E-state index < -0.39 is 107 Å². The third-order valence-electron chi connectivity index (χ3n) is 15.8. The lowest BCUT2D eigenvalue weighted by Gasteiger charge is -2.74. The molecule has 0 aromatic heterocycles. The fourth-order valence-electron chi connectivity index (χ4n) is 13.0. The van der Waals surface area contributed by atoms with E-state index in [-0.39, 0.29) is 48.9 Å². The molecule has 19 atom stereocenters. The van der Waals surface area contributed by atoms with Gasteiger partial charge in [0, 0.05) is 41.7 Å². The van der Waals surface area contributed by atoms with Gasteiger partial charge in [0.1, 0.15) is 53.4 Å². The molecular weight excluding hydrogens is 736 g/mol. The number of benzene rings is 1. The van der Waals surface area contributed by atoms with Crippen LogP contribution in [0.2, 0.25) is 0 Å². The standard InChI is InChI=1S/C44H58O13/c1-22(2)18-32(47)52-29-14-10-11-15-31(46)53-34-23(3)19-30-41(34,50)38(48)40(21-45)36(54-40)33-37-43(51,39(6,49)20-26-16-17-28(29)24(26)4)35-25(5)42(30,33)57-44(55-35,56-37)27-12-8-7-9-13-27/h7-15,22-26,28-30,33-38,45,48-51H,16-21H2,1-6H3/t23?,24?,25?,26?,28?,29?,30?,33?,34?,35?,36?,37?,38?,39-,40+,41-,42+,43+,44+/m1/s1. The summed E-state index contributed by atoms with van der Waals surface area (Å²) in [5.41, 5.74) is -8.82. The lowest BCUT2D eigenvalue weighted by Crippen LogP contribution is -2.89. The zero-order valence-electron chi connectivity index (χ0n) is 33.5. The molecule has 5 N–H and O–H groups in total. The van der Waals surface area contributed by atoms with Gasteiger partial charge in [-0.05, 0) is 62.4 Å². The van der Waals surface area contributed by atoms with Crippen LogP contribution < -0.4 is 0 Å². The van der Waals surface area contributed by atoms with Gasteiger partial charge in [-0.3, -0.25) is 4.79 Å². The maximum absolute atomic E-state index is 13.7. The molecular formula is C44H58O13. The third-order valence-corrected chi connectivity index (χ3v) is 15.8. The van der Waals surface area contributed by atoms with Crippen LogP contribution in [-0.4, -0.2) is 109 Å². The van der Waals surface area contributed by atoms with E-state index >= 15 is 0 Å². The van der Waals surface area contributed by atoms with E-state index in [4.69, 9.17) is 28.4 Å². The number of hydrogen-bond donors (Lipinski definition) is 5. The molecule has 13 unspecified atom stereocenters. The highest BCUT2D eigenvalue weighted by atomic mass is 16.9. The van der Waals surface area contributed by atoms with Gasteiger partial charge < -0.3 is 54.0 Å². The van der Waals surface area contributed by atoms with Gasteiger partial charge in [-0.2, -0.15) is 0 Å². The van der Waals surface area contributed by atoms with E-state index in [1.165, 1.54) is 12.2 Å². The molecule has 1 aromatic rings. The minimum absolute atomic E-state index is 0.0620. The van der Waals surface area contributed by atoms with Crippen molar-refractivity contribution < 1.29 is 63.5 Å². The Morgan fingerprint density at radius 3 is 2.39 bits per heavy atom. The van der Waals surface area contributed by atoms with Crippen LogP contribution in [0, 0.1) is 47.3 Å². The van der Waals surface area contributed by atoms with Crippen molar-refractivity contribution >= 4 is 11.9 Å². The summed E-state index contributed by atoms with van der Waals surface area (Å²) in [6, 6.07) is 9.04. The molecule has 10 rings (SSSR count). The molecule has 4 saturated carbocycles. The first-order chi connectivity index (χ1) is 26.9. The van der Waals surface area contributed by atoms with Crippen molar-refractivity contribution in [2.45, 2.75) is 144 Å². The molecule has 1 aromatic carbocycles. The molecule has 13 heteroatoms. The van der Waals surface area contributed by atoms with Gasteiger partial charge in [-0.1, -0.05) is 77.1 Å². The fraction of sp³-hybridized carbons (Fsp3) is 0.727. The molecule has 57 heavy (non-hydrogen) atoms. The number of epoxide rings is 1. The van der Waals surface area contributed by atoms with Crippen LogP contribution in [0.15, 0.2) is 54.6 Å². The Labute approximate surface area is 333 Å². The zero-order valence-corrected chi connectivity index (χ0v) is 33.5. The second-order valence-electron chi connectivity index (χ2n) is 19.3. The predicted octanol–water partition coefficient (Wildman–Crippen LogP) is 3.04. The number of carbonyl (C=O) groups excluding carboxylic acids is 2. The largest absolute Gasteiger partial charge is 0.458 e. The van der Waals surface area contributed by atoms with Crippen molar-refractivity contribution in [3.63, 3.8) is 0 Å². The molecule has 312 valence electrons. The number of rotatable bonds is 5. The Morgan fingerprint density at radius 2 is 1.68 bits per heavy atom. The summed E-state index contributed by atoms with van der Waals surface area (Å²) in [5, 5.41) is 63.3. The topological polar surface area (TPSA) is 194 Å². The number of aliphatic hydroxyl groups is 5. The van der Waals surface area contributed by atoms with E-state index in [2.05, 4.69) is 6.92 Å². The first kappa shape index (κ1) is 39.7. The van der Waals surface area contributed by atoms with Crippen LogP contribution in [0.25, 0.3) is 0 Å². The molecule has 8 fully saturated rings. The Balaban J connectivity index is 1.22. The van der Waals surface area contributed by atoms with Crippen LogP contribution in [0.5, 0.6) is 0 Å². The average molecular weight is 795 g/mol. The van der Waals surface area contributed by atoms with E-state index in [1.807, 2.05) is 45.9 Å². The SMILES string of the molecule is CC(C)CC(=O)OC1C=CC=CC(=O)OC2C(C)CC3[C@]2(O)C(O)[C@@]2(CO)OC2C2C4O[C@]5(c6ccccc6)OC(C(C)[C@@]23O5)[C@@]4(O)[C@](C)(O)CC2CCC1C2C. The van der Waals surface area contributed by atoms with Crippen LogP contribution in [-0.2, 0) is 44.0 Å². The van der Waals surface area contributed by atoms with Gasteiger partial charge in [0.25, 0.3) is 0 Å². The Bertz CT molecular complexity index is 1830. The van der Waals surface area contributed by atoms with Gasteiger partial charge in [0.15, 0.2) is 0 Å². The quantitative estimate of drug-likeness (QED) is 0.216. The predicted molar refractivity (Wildman–Crippen MR) is 200 cm³/mol. The maximum atomic E-state index is 13.7. The van der Waals surface area contributed by atoms with Crippen molar-refractivity contribution in [1.82, 2.24) is 0 Å². The average Bonchev–Trinajstić information content (AvgIpc) is 3.72. The van der Waals surface area contributed by atoms with E-state index in [0.29, 0.717) is 18.4 Å². The Morgan fingerprint density at radius 1 is 0.965 bits per heavy atom. The number of aliphatic hydroxyl groups excluding tert-OH is 2. The summed E-state index contributed by atoms with van der Waals surface area (Å²) in [6.45, 7) is 10.6. The smallest absolute Gasteiger partial charge is 0.331 e. The van der Waals surface area contributed by atoms with Gasteiger partial charge >= 0.3 is 17.9 Å². The highest BCUT2D eigenvalue weighted by Crippen LogP contribution is 2.75. The molecule has 4 saturated heterocycles. The molecule has 4 aliphatic carbocycles. The lowest BCUT2D eigenvalue weighted by molar-refractivity contribution is -0.595. The van der Waals surface area contributed by atoms with Crippen molar-refractivity contribution in [3.8, 4) is 0 Å². The monoisotopic (exact) mass is 794 g/mol. The van der Waals surface area contributed by atoms with Crippen LogP contribution in [0.3, 0.4) is 0 Å². The number of esters is 2. The molecule has 5 aliphatic heterocycles. The minimum Gasteiger partial charge on any atom is -0.458 e. The summed E-state index contributed by atoms with van der Waals surface area (Å²) < 4.78 is 39.5. The van der Waals surface area contributed by atoms with Crippen molar-refractivity contribution in [2.75, 3.05) is 6.61 Å². The summed E-state index contributed by atoms with van der Waals surface area (Å²) in [7, 11) is 0. The van der Waals surface area contributed by atoms with Gasteiger partial charge in [-0.25, -0.2) is 4.79 Å². The molecule has 13 nitrogen and oxygen atoms in total. The Hall–Kier alpha value is -2.72. The van der Waals surface area contributed by atoms with E-state index in [0.717, 1.165) is 0 Å². The minimum atomic E-state index is -2.21. The highest BCUT2D eigenvalue weighted by molar-refractivity contribution is 5.82. The van der Waals surface area contributed by atoms with Gasteiger partial charge in [0.2, 0.25) is 0 Å². The molecule has 0 radical (unpaired) electrons. The normalized spacial score (nSPS) is 53.3. The summed E-state index contributed by atoms with van der Waals surface area (Å²) in [6.07, 6.45) is 1.15. The van der Waals surface area contributed by atoms with Gasteiger partial charge in [-0.15, -0.1) is 0 Å². The number of ether oxygens (including phenoxy) is 6. The van der Waals surface area contributed by atoms with Crippen molar-refractivity contribution in [3.05, 3.63) is 60.2 Å².